The highest BCUT2D eigenvalue weighted by Crippen LogP contribution is 2.48. The molecule has 3 nitrogen and oxygen atoms in total. The van der Waals surface area contributed by atoms with Crippen molar-refractivity contribution < 1.29 is 0 Å². The number of benzene rings is 1. The Morgan fingerprint density at radius 3 is 3.00 bits per heavy atom. The molecular formula is C15H17N3. The highest BCUT2D eigenvalue weighted by Gasteiger charge is 2.38. The largest absolute Gasteiger partial charge is 0.360 e. The molecule has 1 aromatic heterocycles. The average Bonchev–Trinajstić information content (AvgIpc) is 2.98. The van der Waals surface area contributed by atoms with Crippen LogP contribution >= 0.6 is 0 Å². The molecule has 1 fully saturated rings. The zero-order valence-electron chi connectivity index (χ0n) is 10.8. The molecule has 0 aliphatic heterocycles. The van der Waals surface area contributed by atoms with Crippen LogP contribution in [0, 0.1) is 17.2 Å². The van der Waals surface area contributed by atoms with Crippen molar-refractivity contribution in [2.24, 2.45) is 5.92 Å². The molecule has 0 saturated heterocycles. The highest BCUT2D eigenvalue weighted by atomic mass is 15.1. The number of nitrogens with one attached hydrogen (secondary N) is 1. The third kappa shape index (κ3) is 1.89. The summed E-state index contributed by atoms with van der Waals surface area (Å²) in [6.07, 6.45) is 3.06. The Morgan fingerprint density at radius 2 is 2.28 bits per heavy atom. The predicted octanol–water partition coefficient (Wildman–Crippen LogP) is 2.70. The van der Waals surface area contributed by atoms with E-state index < -0.39 is 0 Å². The Balaban J connectivity index is 1.88. The topological polar surface area (TPSA) is 42.8 Å². The summed E-state index contributed by atoms with van der Waals surface area (Å²) in [5, 5.41) is 10.1. The van der Waals surface area contributed by atoms with Crippen LogP contribution in [-0.4, -0.2) is 30.5 Å². The fourth-order valence-electron chi connectivity index (χ4n) is 2.79. The number of hydrogen-bond donors (Lipinski definition) is 1. The summed E-state index contributed by atoms with van der Waals surface area (Å²) in [5.74, 6) is 1.46. The molecule has 3 heteroatoms. The Bertz CT molecular complexity index is 618. The Hall–Kier alpha value is -1.79. The summed E-state index contributed by atoms with van der Waals surface area (Å²) in [5.41, 5.74) is 3.18. The van der Waals surface area contributed by atoms with Gasteiger partial charge in [0.25, 0.3) is 0 Å². The van der Waals surface area contributed by atoms with Crippen molar-refractivity contribution >= 4 is 10.9 Å². The van der Waals surface area contributed by atoms with E-state index in [-0.39, 0.29) is 0 Å². The Kier molecular flexibility index (Phi) is 2.61. The van der Waals surface area contributed by atoms with E-state index >= 15 is 0 Å². The minimum Gasteiger partial charge on any atom is -0.360 e. The van der Waals surface area contributed by atoms with Crippen molar-refractivity contribution in [1.29, 1.82) is 5.26 Å². The number of nitriles is 1. The highest BCUT2D eigenvalue weighted by molar-refractivity contribution is 5.86. The standard InChI is InChI=1S/C15H17N3/c1-18(2)9-11-6-13(11)10-3-4-15-14(5-10)12(7-16)8-17-15/h3-5,8,11,13,17H,6,9H2,1-2H3. The second-order valence-corrected chi connectivity index (χ2v) is 5.48. The van der Waals surface area contributed by atoms with Crippen molar-refractivity contribution in [2.75, 3.05) is 20.6 Å². The molecule has 0 radical (unpaired) electrons. The maximum atomic E-state index is 9.06. The molecule has 92 valence electrons. The van der Waals surface area contributed by atoms with Crippen LogP contribution in [0.15, 0.2) is 24.4 Å². The monoisotopic (exact) mass is 239 g/mol. The van der Waals surface area contributed by atoms with E-state index in [2.05, 4.69) is 48.2 Å². The number of aromatic nitrogens is 1. The zero-order valence-corrected chi connectivity index (χ0v) is 10.8. The van der Waals surface area contributed by atoms with Crippen LogP contribution in [0.25, 0.3) is 10.9 Å². The van der Waals surface area contributed by atoms with E-state index in [0.29, 0.717) is 5.92 Å². The van der Waals surface area contributed by atoms with Gasteiger partial charge in [-0.3, -0.25) is 0 Å². The van der Waals surface area contributed by atoms with Gasteiger partial charge in [0.15, 0.2) is 0 Å². The van der Waals surface area contributed by atoms with Gasteiger partial charge in [0.2, 0.25) is 0 Å². The van der Waals surface area contributed by atoms with Gasteiger partial charge in [-0.2, -0.15) is 5.26 Å². The van der Waals surface area contributed by atoms with Crippen LogP contribution in [0.3, 0.4) is 0 Å². The molecule has 2 aromatic rings. The molecule has 1 N–H and O–H groups in total. The van der Waals surface area contributed by atoms with Gasteiger partial charge in [-0.05, 0) is 50.0 Å². The lowest BCUT2D eigenvalue weighted by Crippen LogP contribution is -2.15. The first-order chi connectivity index (χ1) is 8.69. The second-order valence-electron chi connectivity index (χ2n) is 5.48. The fraction of sp³-hybridized carbons (Fsp3) is 0.400. The van der Waals surface area contributed by atoms with Gasteiger partial charge in [-0.15, -0.1) is 0 Å². The summed E-state index contributed by atoms with van der Waals surface area (Å²) in [6.45, 7) is 1.15. The normalized spacial score (nSPS) is 22.3. The quantitative estimate of drug-likeness (QED) is 0.894. The molecule has 0 bridgehead atoms. The summed E-state index contributed by atoms with van der Waals surface area (Å²) in [6, 6.07) is 8.71. The number of H-pyrrole nitrogens is 1. The van der Waals surface area contributed by atoms with Crippen molar-refractivity contribution in [1.82, 2.24) is 9.88 Å². The summed E-state index contributed by atoms with van der Waals surface area (Å²) < 4.78 is 0. The van der Waals surface area contributed by atoms with E-state index in [1.165, 1.54) is 12.0 Å². The average molecular weight is 239 g/mol. The Labute approximate surface area is 107 Å². The van der Waals surface area contributed by atoms with Crippen molar-refractivity contribution in [3.05, 3.63) is 35.5 Å². The molecule has 1 heterocycles. The van der Waals surface area contributed by atoms with E-state index in [4.69, 9.17) is 5.26 Å². The molecule has 0 spiro atoms. The van der Waals surface area contributed by atoms with Gasteiger partial charge < -0.3 is 9.88 Å². The van der Waals surface area contributed by atoms with E-state index in [0.717, 1.165) is 28.9 Å². The summed E-state index contributed by atoms with van der Waals surface area (Å²) in [7, 11) is 4.25. The van der Waals surface area contributed by atoms with Crippen molar-refractivity contribution in [3.8, 4) is 6.07 Å². The van der Waals surface area contributed by atoms with Gasteiger partial charge in [-0.1, -0.05) is 6.07 Å². The lowest BCUT2D eigenvalue weighted by Gasteiger charge is -2.08. The van der Waals surface area contributed by atoms with Crippen LogP contribution in [0.4, 0.5) is 0 Å². The number of hydrogen-bond acceptors (Lipinski definition) is 2. The van der Waals surface area contributed by atoms with E-state index in [1.54, 1.807) is 6.20 Å². The molecule has 1 aliphatic rings. The van der Waals surface area contributed by atoms with Gasteiger partial charge in [-0.25, -0.2) is 0 Å². The molecule has 2 atom stereocenters. The minimum absolute atomic E-state index is 0.679. The molecule has 1 aliphatic carbocycles. The summed E-state index contributed by atoms with van der Waals surface area (Å²) >= 11 is 0. The third-order valence-corrected chi connectivity index (χ3v) is 3.78. The molecule has 0 amide bonds. The van der Waals surface area contributed by atoms with Crippen LogP contribution in [0.1, 0.15) is 23.5 Å². The molecule has 1 aromatic carbocycles. The van der Waals surface area contributed by atoms with Crippen LogP contribution < -0.4 is 0 Å². The van der Waals surface area contributed by atoms with E-state index in [9.17, 15) is 0 Å². The van der Waals surface area contributed by atoms with Gasteiger partial charge in [0.05, 0.1) is 5.56 Å². The number of aromatic amines is 1. The first kappa shape index (κ1) is 11.3. The molecule has 3 rings (SSSR count). The number of rotatable bonds is 3. The van der Waals surface area contributed by atoms with Crippen LogP contribution in [0.2, 0.25) is 0 Å². The lowest BCUT2D eigenvalue weighted by molar-refractivity contribution is 0.385. The lowest BCUT2D eigenvalue weighted by atomic mass is 10.1. The van der Waals surface area contributed by atoms with Gasteiger partial charge in [0.1, 0.15) is 6.07 Å². The van der Waals surface area contributed by atoms with E-state index in [1.807, 2.05) is 0 Å². The summed E-state index contributed by atoms with van der Waals surface area (Å²) in [4.78, 5) is 5.39. The Morgan fingerprint density at radius 1 is 1.44 bits per heavy atom. The fourth-order valence-corrected chi connectivity index (χ4v) is 2.79. The predicted molar refractivity (Wildman–Crippen MR) is 72.4 cm³/mol. The molecule has 18 heavy (non-hydrogen) atoms. The van der Waals surface area contributed by atoms with Crippen LogP contribution in [-0.2, 0) is 0 Å². The number of nitrogens with zero attached hydrogens (tertiary/aromatic N) is 2. The van der Waals surface area contributed by atoms with Crippen molar-refractivity contribution in [3.63, 3.8) is 0 Å². The molecular weight excluding hydrogens is 222 g/mol. The minimum atomic E-state index is 0.679. The van der Waals surface area contributed by atoms with Crippen LogP contribution in [0.5, 0.6) is 0 Å². The van der Waals surface area contributed by atoms with Gasteiger partial charge in [0, 0.05) is 23.6 Å². The second kappa shape index (κ2) is 4.15. The maximum absolute atomic E-state index is 9.06. The zero-order chi connectivity index (χ0) is 12.7. The smallest absolute Gasteiger partial charge is 0.101 e. The molecule has 2 unspecified atom stereocenters. The SMILES string of the molecule is CN(C)CC1CC1c1ccc2[nH]cc(C#N)c2c1. The van der Waals surface area contributed by atoms with Crippen molar-refractivity contribution in [2.45, 2.75) is 12.3 Å². The third-order valence-electron chi connectivity index (χ3n) is 3.78. The number of fused-ring (bicyclic) bond motifs is 1. The molecule has 1 saturated carbocycles. The maximum Gasteiger partial charge on any atom is 0.101 e. The first-order valence-corrected chi connectivity index (χ1v) is 6.35. The first-order valence-electron chi connectivity index (χ1n) is 6.35. The van der Waals surface area contributed by atoms with Gasteiger partial charge >= 0.3 is 0 Å².